The quantitative estimate of drug-likeness (QED) is 0.418. The standard InChI is InChI=1S/C8H15N3O5S/c1-17(16)3-2-9-8(15)11-4-6(12)10-5-7(13)14/h2-5H2,1H3,(H,10,12)(H,13,14)(H2,9,11,15). The summed E-state index contributed by atoms with van der Waals surface area (Å²) >= 11 is 0. The topological polar surface area (TPSA) is 125 Å². The zero-order valence-corrected chi connectivity index (χ0v) is 10.1. The van der Waals surface area contributed by atoms with Gasteiger partial charge in [-0.15, -0.1) is 0 Å². The van der Waals surface area contributed by atoms with E-state index in [0.29, 0.717) is 5.75 Å². The van der Waals surface area contributed by atoms with Gasteiger partial charge in [-0.25, -0.2) is 4.79 Å². The number of hydrogen-bond acceptors (Lipinski definition) is 4. The molecule has 1 unspecified atom stereocenters. The average molecular weight is 265 g/mol. The number of hydrogen-bond donors (Lipinski definition) is 4. The predicted octanol–water partition coefficient (Wildman–Crippen LogP) is -2.14. The van der Waals surface area contributed by atoms with E-state index in [9.17, 15) is 18.6 Å². The van der Waals surface area contributed by atoms with Crippen molar-refractivity contribution in [2.45, 2.75) is 0 Å². The summed E-state index contributed by atoms with van der Waals surface area (Å²) < 4.78 is 10.7. The molecule has 9 heteroatoms. The molecule has 0 heterocycles. The smallest absolute Gasteiger partial charge is 0.322 e. The van der Waals surface area contributed by atoms with E-state index in [1.165, 1.54) is 6.26 Å². The summed E-state index contributed by atoms with van der Waals surface area (Å²) in [6, 6.07) is -0.569. The molecule has 0 aliphatic rings. The highest BCUT2D eigenvalue weighted by atomic mass is 32.2. The number of aliphatic carboxylic acids is 1. The maximum absolute atomic E-state index is 11.0. The minimum Gasteiger partial charge on any atom is -0.480 e. The lowest BCUT2D eigenvalue weighted by atomic mass is 10.5. The lowest BCUT2D eigenvalue weighted by molar-refractivity contribution is -0.137. The van der Waals surface area contributed by atoms with Crippen molar-refractivity contribution in [3.63, 3.8) is 0 Å². The summed E-state index contributed by atoms with van der Waals surface area (Å²) in [5, 5.41) is 15.0. The van der Waals surface area contributed by atoms with Crippen molar-refractivity contribution >= 4 is 28.7 Å². The van der Waals surface area contributed by atoms with Crippen LogP contribution in [-0.4, -0.2) is 58.9 Å². The normalized spacial score (nSPS) is 11.4. The fourth-order valence-corrected chi connectivity index (χ4v) is 1.16. The molecule has 0 fully saturated rings. The third-order valence-corrected chi connectivity index (χ3v) is 2.30. The van der Waals surface area contributed by atoms with Crippen LogP contribution < -0.4 is 16.0 Å². The van der Waals surface area contributed by atoms with Crippen molar-refractivity contribution in [2.24, 2.45) is 0 Å². The first-order valence-electron chi connectivity index (χ1n) is 4.72. The van der Waals surface area contributed by atoms with Gasteiger partial charge in [0.05, 0.1) is 6.54 Å². The Morgan fingerprint density at radius 2 is 1.76 bits per heavy atom. The van der Waals surface area contributed by atoms with Crippen LogP contribution in [0.2, 0.25) is 0 Å². The molecule has 0 aromatic rings. The molecule has 4 N–H and O–H groups in total. The Hall–Kier alpha value is -1.64. The summed E-state index contributed by atoms with van der Waals surface area (Å²) in [7, 11) is -0.990. The number of urea groups is 1. The van der Waals surface area contributed by atoms with E-state index < -0.39 is 35.3 Å². The highest BCUT2D eigenvalue weighted by molar-refractivity contribution is 7.84. The molecule has 8 nitrogen and oxygen atoms in total. The highest BCUT2D eigenvalue weighted by Gasteiger charge is 2.06. The van der Waals surface area contributed by atoms with Gasteiger partial charge in [0.2, 0.25) is 5.91 Å². The molecule has 0 radical (unpaired) electrons. The minimum atomic E-state index is -1.16. The number of carbonyl (C=O) groups is 3. The van der Waals surface area contributed by atoms with Crippen LogP contribution in [-0.2, 0) is 20.4 Å². The maximum Gasteiger partial charge on any atom is 0.322 e. The van der Waals surface area contributed by atoms with E-state index in [4.69, 9.17) is 5.11 Å². The Labute approximate surface area is 101 Å². The molecule has 0 saturated heterocycles. The first-order chi connectivity index (χ1) is 7.91. The highest BCUT2D eigenvalue weighted by Crippen LogP contribution is 1.73. The maximum atomic E-state index is 11.0. The summed E-state index contributed by atoms with van der Waals surface area (Å²) in [4.78, 5) is 32.1. The van der Waals surface area contributed by atoms with E-state index in [1.54, 1.807) is 0 Å². The van der Waals surface area contributed by atoms with Gasteiger partial charge in [-0.2, -0.15) is 0 Å². The van der Waals surface area contributed by atoms with Crippen LogP contribution in [0.25, 0.3) is 0 Å². The van der Waals surface area contributed by atoms with Gasteiger partial charge in [-0.05, 0) is 0 Å². The second kappa shape index (κ2) is 8.50. The van der Waals surface area contributed by atoms with E-state index in [2.05, 4.69) is 16.0 Å². The van der Waals surface area contributed by atoms with E-state index in [1.807, 2.05) is 0 Å². The second-order valence-corrected chi connectivity index (χ2v) is 4.61. The van der Waals surface area contributed by atoms with Gasteiger partial charge < -0.3 is 21.1 Å². The Morgan fingerprint density at radius 1 is 1.12 bits per heavy atom. The van der Waals surface area contributed by atoms with E-state index in [-0.39, 0.29) is 13.1 Å². The second-order valence-electron chi connectivity index (χ2n) is 3.06. The van der Waals surface area contributed by atoms with E-state index >= 15 is 0 Å². The monoisotopic (exact) mass is 265 g/mol. The lowest BCUT2D eigenvalue weighted by Crippen LogP contribution is -2.43. The summed E-state index contributed by atoms with van der Waals surface area (Å²) in [6.07, 6.45) is 1.51. The van der Waals surface area contributed by atoms with Crippen molar-refractivity contribution in [1.82, 2.24) is 16.0 Å². The molecule has 0 aromatic heterocycles. The molecule has 1 atom stereocenters. The Morgan fingerprint density at radius 3 is 2.29 bits per heavy atom. The molecule has 0 saturated carbocycles. The minimum absolute atomic E-state index is 0.242. The molecule has 0 spiro atoms. The summed E-state index contributed by atoms with van der Waals surface area (Å²) in [6.45, 7) is -0.559. The number of carboxylic acids is 1. The third kappa shape index (κ3) is 10.6. The lowest BCUT2D eigenvalue weighted by Gasteiger charge is -2.06. The number of carbonyl (C=O) groups excluding carboxylic acids is 2. The molecule has 0 aliphatic heterocycles. The number of carboxylic acid groups (broad SMARTS) is 1. The van der Waals surface area contributed by atoms with Crippen molar-refractivity contribution in [2.75, 3.05) is 31.6 Å². The summed E-state index contributed by atoms with van der Waals surface area (Å²) in [5.74, 6) is -1.42. The molecule has 98 valence electrons. The molecule has 0 aromatic carbocycles. The van der Waals surface area contributed by atoms with Gasteiger partial charge in [-0.3, -0.25) is 13.8 Å². The number of amides is 3. The van der Waals surface area contributed by atoms with E-state index in [0.717, 1.165) is 0 Å². The van der Waals surface area contributed by atoms with Crippen LogP contribution in [0.5, 0.6) is 0 Å². The van der Waals surface area contributed by atoms with Gasteiger partial charge in [-0.1, -0.05) is 0 Å². The fourth-order valence-electron chi connectivity index (χ4n) is 0.768. The molecule has 0 bridgehead atoms. The fraction of sp³-hybridized carbons (Fsp3) is 0.625. The van der Waals surface area contributed by atoms with Crippen LogP contribution in [0.4, 0.5) is 4.79 Å². The molecular formula is C8H15N3O5S. The number of nitrogens with one attached hydrogen (secondary N) is 3. The first kappa shape index (κ1) is 15.4. The van der Waals surface area contributed by atoms with Crippen LogP contribution >= 0.6 is 0 Å². The van der Waals surface area contributed by atoms with Crippen molar-refractivity contribution in [1.29, 1.82) is 0 Å². The van der Waals surface area contributed by atoms with Crippen molar-refractivity contribution in [3.05, 3.63) is 0 Å². The Bertz CT molecular complexity index is 320. The summed E-state index contributed by atoms with van der Waals surface area (Å²) in [5.41, 5.74) is 0. The zero-order chi connectivity index (χ0) is 13.3. The largest absolute Gasteiger partial charge is 0.480 e. The Balaban J connectivity index is 3.59. The number of rotatable bonds is 7. The van der Waals surface area contributed by atoms with Crippen LogP contribution in [0.15, 0.2) is 0 Å². The average Bonchev–Trinajstić information content (AvgIpc) is 2.23. The molecule has 0 aliphatic carbocycles. The van der Waals surface area contributed by atoms with Crippen LogP contribution in [0.3, 0.4) is 0 Å². The van der Waals surface area contributed by atoms with Crippen molar-refractivity contribution in [3.8, 4) is 0 Å². The van der Waals surface area contributed by atoms with Gasteiger partial charge in [0.25, 0.3) is 0 Å². The van der Waals surface area contributed by atoms with Gasteiger partial charge in [0, 0.05) is 29.4 Å². The van der Waals surface area contributed by atoms with Crippen LogP contribution in [0, 0.1) is 0 Å². The molecular weight excluding hydrogens is 250 g/mol. The SMILES string of the molecule is CS(=O)CCNC(=O)NCC(=O)NCC(=O)O. The molecule has 17 heavy (non-hydrogen) atoms. The molecule has 0 rings (SSSR count). The van der Waals surface area contributed by atoms with Gasteiger partial charge in [0.15, 0.2) is 0 Å². The van der Waals surface area contributed by atoms with Gasteiger partial charge >= 0.3 is 12.0 Å². The van der Waals surface area contributed by atoms with Crippen LogP contribution in [0.1, 0.15) is 0 Å². The van der Waals surface area contributed by atoms with Gasteiger partial charge in [0.1, 0.15) is 6.54 Å². The Kier molecular flexibility index (Phi) is 7.68. The first-order valence-corrected chi connectivity index (χ1v) is 6.44. The van der Waals surface area contributed by atoms with Crippen molar-refractivity contribution < 1.29 is 23.7 Å². The predicted molar refractivity (Wildman–Crippen MR) is 61.0 cm³/mol. The zero-order valence-electron chi connectivity index (χ0n) is 9.32. The molecule has 3 amide bonds. The third-order valence-electron chi connectivity index (χ3n) is 1.52.